The Labute approximate surface area is 149 Å². The summed E-state index contributed by atoms with van der Waals surface area (Å²) in [6.45, 7) is 0. The second-order valence-electron chi connectivity index (χ2n) is 5.62. The summed E-state index contributed by atoms with van der Waals surface area (Å²) >= 11 is 0. The number of rotatable bonds is 4. The van der Waals surface area contributed by atoms with Gasteiger partial charge in [-0.2, -0.15) is 0 Å². The maximum absolute atomic E-state index is 12.5. The van der Waals surface area contributed by atoms with Gasteiger partial charge in [-0.05, 0) is 54.6 Å². The molecule has 26 heavy (non-hydrogen) atoms. The molecule has 0 aliphatic rings. The van der Waals surface area contributed by atoms with Gasteiger partial charge >= 0.3 is 0 Å². The highest BCUT2D eigenvalue weighted by Gasteiger charge is 2.12. The van der Waals surface area contributed by atoms with Crippen LogP contribution in [0.1, 0.15) is 10.4 Å². The first-order valence-corrected chi connectivity index (χ1v) is 7.99. The van der Waals surface area contributed by atoms with E-state index in [9.17, 15) is 4.79 Å². The Morgan fingerprint density at radius 1 is 1.04 bits per heavy atom. The minimum Gasteiger partial charge on any atom is -0.497 e. The number of hydrogen-bond donors (Lipinski definition) is 1. The van der Waals surface area contributed by atoms with Crippen molar-refractivity contribution in [3.8, 4) is 17.2 Å². The van der Waals surface area contributed by atoms with Crippen LogP contribution in [0.3, 0.4) is 0 Å². The molecule has 0 aliphatic carbocycles. The van der Waals surface area contributed by atoms with Crippen LogP contribution in [0.5, 0.6) is 5.75 Å². The molecule has 0 fully saturated rings. The van der Waals surface area contributed by atoms with E-state index in [1.807, 2.05) is 12.1 Å². The number of pyridine rings is 1. The Bertz CT molecular complexity index is 1060. The second-order valence-corrected chi connectivity index (χ2v) is 5.62. The average Bonchev–Trinajstić information content (AvgIpc) is 3.12. The van der Waals surface area contributed by atoms with Gasteiger partial charge in [0.1, 0.15) is 11.3 Å². The van der Waals surface area contributed by atoms with Crippen molar-refractivity contribution in [1.29, 1.82) is 0 Å². The van der Waals surface area contributed by atoms with E-state index in [0.717, 1.165) is 11.3 Å². The summed E-state index contributed by atoms with van der Waals surface area (Å²) in [5.41, 5.74) is 3.26. The third kappa shape index (κ3) is 3.12. The summed E-state index contributed by atoms with van der Waals surface area (Å²) < 4.78 is 10.9. The zero-order chi connectivity index (χ0) is 17.9. The fourth-order valence-electron chi connectivity index (χ4n) is 2.56. The van der Waals surface area contributed by atoms with Crippen molar-refractivity contribution in [3.63, 3.8) is 0 Å². The minimum absolute atomic E-state index is 0.223. The van der Waals surface area contributed by atoms with E-state index in [2.05, 4.69) is 15.3 Å². The summed E-state index contributed by atoms with van der Waals surface area (Å²) in [7, 11) is 1.60. The zero-order valence-electron chi connectivity index (χ0n) is 14.0. The van der Waals surface area contributed by atoms with Gasteiger partial charge in [0.25, 0.3) is 5.91 Å². The fraction of sp³-hybridized carbons (Fsp3) is 0.0500. The lowest BCUT2D eigenvalue weighted by Crippen LogP contribution is -2.11. The van der Waals surface area contributed by atoms with Crippen LogP contribution < -0.4 is 10.1 Å². The van der Waals surface area contributed by atoms with Gasteiger partial charge < -0.3 is 14.5 Å². The van der Waals surface area contributed by atoms with Crippen molar-refractivity contribution in [2.24, 2.45) is 0 Å². The Morgan fingerprint density at radius 2 is 1.81 bits per heavy atom. The molecular weight excluding hydrogens is 330 g/mol. The molecule has 2 aromatic carbocycles. The maximum Gasteiger partial charge on any atom is 0.255 e. The van der Waals surface area contributed by atoms with Gasteiger partial charge in [0, 0.05) is 29.2 Å². The van der Waals surface area contributed by atoms with Gasteiger partial charge in [-0.3, -0.25) is 9.78 Å². The molecule has 0 radical (unpaired) electrons. The number of carbonyl (C=O) groups excluding carboxylic acids is 1. The minimum atomic E-state index is -0.223. The van der Waals surface area contributed by atoms with Gasteiger partial charge in [-0.15, -0.1) is 0 Å². The van der Waals surface area contributed by atoms with Gasteiger partial charge in [0.15, 0.2) is 5.58 Å². The van der Waals surface area contributed by atoms with Crippen molar-refractivity contribution in [1.82, 2.24) is 9.97 Å². The van der Waals surface area contributed by atoms with Crippen LogP contribution in [0.15, 0.2) is 71.4 Å². The van der Waals surface area contributed by atoms with Crippen molar-refractivity contribution >= 4 is 22.7 Å². The third-order valence-corrected chi connectivity index (χ3v) is 3.93. The molecule has 0 spiro atoms. The van der Waals surface area contributed by atoms with Crippen LogP contribution in [0.4, 0.5) is 5.69 Å². The Morgan fingerprint density at radius 3 is 2.54 bits per heavy atom. The number of methoxy groups -OCH3 is 1. The molecule has 0 aliphatic heterocycles. The third-order valence-electron chi connectivity index (χ3n) is 3.93. The number of nitrogens with one attached hydrogen (secondary N) is 1. The van der Waals surface area contributed by atoms with E-state index < -0.39 is 0 Å². The molecule has 4 rings (SSSR count). The molecule has 0 saturated carbocycles. The van der Waals surface area contributed by atoms with E-state index in [4.69, 9.17) is 9.15 Å². The lowest BCUT2D eigenvalue weighted by molar-refractivity contribution is 0.102. The number of fused-ring (bicyclic) bond motifs is 1. The second kappa shape index (κ2) is 6.68. The van der Waals surface area contributed by atoms with E-state index in [-0.39, 0.29) is 5.91 Å². The number of oxazole rings is 1. The molecule has 2 aromatic heterocycles. The predicted molar refractivity (Wildman–Crippen MR) is 98.2 cm³/mol. The Kier molecular flexibility index (Phi) is 4.07. The molecule has 0 saturated heterocycles. The molecule has 4 aromatic rings. The Balaban J connectivity index is 1.59. The van der Waals surface area contributed by atoms with Crippen LogP contribution in [0, 0.1) is 0 Å². The molecule has 1 amide bonds. The fourth-order valence-corrected chi connectivity index (χ4v) is 2.56. The topological polar surface area (TPSA) is 77.2 Å². The van der Waals surface area contributed by atoms with Gasteiger partial charge in [-0.1, -0.05) is 0 Å². The van der Waals surface area contributed by atoms with E-state index >= 15 is 0 Å². The molecule has 1 N–H and O–H groups in total. The molecule has 0 unspecified atom stereocenters. The highest BCUT2D eigenvalue weighted by molar-refractivity contribution is 6.05. The Hall–Kier alpha value is -3.67. The van der Waals surface area contributed by atoms with Gasteiger partial charge in [-0.25, -0.2) is 4.98 Å². The summed E-state index contributed by atoms with van der Waals surface area (Å²) in [6.07, 6.45) is 3.36. The summed E-state index contributed by atoms with van der Waals surface area (Å²) in [6, 6.07) is 16.0. The quantitative estimate of drug-likeness (QED) is 0.601. The highest BCUT2D eigenvalue weighted by atomic mass is 16.5. The smallest absolute Gasteiger partial charge is 0.255 e. The monoisotopic (exact) mass is 345 g/mol. The SMILES string of the molecule is COc1ccc(NC(=O)c2ccc3nc(-c4ccncc4)oc3c2)cc1. The van der Waals surface area contributed by atoms with Crippen molar-refractivity contribution in [2.45, 2.75) is 0 Å². The average molecular weight is 345 g/mol. The number of carbonyl (C=O) groups is 1. The van der Waals surface area contributed by atoms with Crippen LogP contribution in [-0.2, 0) is 0 Å². The molecule has 6 nitrogen and oxygen atoms in total. The highest BCUT2D eigenvalue weighted by Crippen LogP contribution is 2.25. The first-order chi connectivity index (χ1) is 12.7. The number of amides is 1. The lowest BCUT2D eigenvalue weighted by Gasteiger charge is -2.06. The molecule has 2 heterocycles. The predicted octanol–water partition coefficient (Wildman–Crippen LogP) is 4.15. The first kappa shape index (κ1) is 15.8. The summed E-state index contributed by atoms with van der Waals surface area (Å²) in [5.74, 6) is 1.00. The van der Waals surface area contributed by atoms with Crippen LogP contribution in [0.2, 0.25) is 0 Å². The summed E-state index contributed by atoms with van der Waals surface area (Å²) in [4.78, 5) is 20.9. The van der Waals surface area contributed by atoms with E-state index in [1.165, 1.54) is 0 Å². The van der Waals surface area contributed by atoms with E-state index in [1.54, 1.807) is 62.0 Å². The number of benzene rings is 2. The standard InChI is InChI=1S/C20H15N3O3/c1-25-16-5-3-15(4-6-16)22-19(24)14-2-7-17-18(12-14)26-20(23-17)13-8-10-21-11-9-13/h2-12H,1H3,(H,22,24). The lowest BCUT2D eigenvalue weighted by atomic mass is 10.2. The van der Waals surface area contributed by atoms with Crippen LogP contribution in [0.25, 0.3) is 22.6 Å². The van der Waals surface area contributed by atoms with Crippen molar-refractivity contribution in [3.05, 3.63) is 72.6 Å². The maximum atomic E-state index is 12.5. The number of ether oxygens (including phenoxy) is 1. The molecular formula is C20H15N3O3. The van der Waals surface area contributed by atoms with Crippen molar-refractivity contribution in [2.75, 3.05) is 12.4 Å². The van der Waals surface area contributed by atoms with Gasteiger partial charge in [0.05, 0.1) is 7.11 Å². The number of nitrogens with zero attached hydrogens (tertiary/aromatic N) is 2. The van der Waals surface area contributed by atoms with Gasteiger partial charge in [0.2, 0.25) is 5.89 Å². The molecule has 6 heteroatoms. The summed E-state index contributed by atoms with van der Waals surface area (Å²) in [5, 5.41) is 2.85. The molecule has 0 bridgehead atoms. The van der Waals surface area contributed by atoms with E-state index in [0.29, 0.717) is 28.2 Å². The largest absolute Gasteiger partial charge is 0.497 e. The number of anilines is 1. The normalized spacial score (nSPS) is 10.7. The molecule has 128 valence electrons. The van der Waals surface area contributed by atoms with Crippen LogP contribution in [-0.4, -0.2) is 23.0 Å². The number of hydrogen-bond acceptors (Lipinski definition) is 5. The first-order valence-electron chi connectivity index (χ1n) is 7.99. The van der Waals surface area contributed by atoms with Crippen LogP contribution >= 0.6 is 0 Å². The molecule has 0 atom stereocenters. The number of aromatic nitrogens is 2. The van der Waals surface area contributed by atoms with Crippen molar-refractivity contribution < 1.29 is 13.9 Å². The zero-order valence-corrected chi connectivity index (χ0v) is 14.0.